The van der Waals surface area contributed by atoms with Gasteiger partial charge in [-0.3, -0.25) is 9.59 Å². The van der Waals surface area contributed by atoms with Gasteiger partial charge >= 0.3 is 17.9 Å². The maximum Gasteiger partial charge on any atom is 0.362 e. The molecule has 58 heavy (non-hydrogen) atoms. The normalized spacial score (nSPS) is 13.2. The summed E-state index contributed by atoms with van der Waals surface area (Å²) in [6.07, 6.45) is 47.5. The Morgan fingerprint density at radius 2 is 0.914 bits per heavy atom. The first-order valence-corrected chi connectivity index (χ1v) is 24.0. The van der Waals surface area contributed by atoms with Gasteiger partial charge in [0, 0.05) is 19.3 Å². The maximum absolute atomic E-state index is 12.7. The molecular weight excluding hydrogens is 727 g/mol. The van der Waals surface area contributed by atoms with Crippen molar-refractivity contribution >= 4 is 17.9 Å². The number of carboxylic acids is 1. The van der Waals surface area contributed by atoms with Crippen molar-refractivity contribution in [1.82, 2.24) is 0 Å². The van der Waals surface area contributed by atoms with Crippen molar-refractivity contribution < 1.29 is 38.2 Å². The number of aliphatic carboxylic acids is 1. The van der Waals surface area contributed by atoms with Crippen LogP contribution in [0.2, 0.25) is 0 Å². The molecule has 338 valence electrons. The highest BCUT2D eigenvalue weighted by molar-refractivity contribution is 5.72. The molecule has 8 nitrogen and oxygen atoms in total. The predicted molar refractivity (Wildman–Crippen MR) is 243 cm³/mol. The van der Waals surface area contributed by atoms with Gasteiger partial charge in [0.1, 0.15) is 6.61 Å². The molecular formula is C50H92NO7+. The minimum atomic E-state index is -0.877. The number of esters is 2. The number of rotatable bonds is 43. The van der Waals surface area contributed by atoms with Crippen molar-refractivity contribution in [2.24, 2.45) is 0 Å². The summed E-state index contributed by atoms with van der Waals surface area (Å²) in [6, 6.07) is -0.617. The van der Waals surface area contributed by atoms with Crippen molar-refractivity contribution in [3.8, 4) is 0 Å². The molecule has 0 aliphatic rings. The molecule has 0 fully saturated rings. The Labute approximate surface area is 357 Å². The van der Waals surface area contributed by atoms with Crippen molar-refractivity contribution in [2.45, 2.75) is 225 Å². The number of hydrogen-bond donors (Lipinski definition) is 1. The largest absolute Gasteiger partial charge is 0.477 e. The van der Waals surface area contributed by atoms with Gasteiger partial charge in [-0.25, -0.2) is 4.79 Å². The smallest absolute Gasteiger partial charge is 0.362 e. The van der Waals surface area contributed by atoms with Crippen LogP contribution in [-0.2, 0) is 28.6 Å². The van der Waals surface area contributed by atoms with E-state index in [9.17, 15) is 19.5 Å². The highest BCUT2D eigenvalue weighted by Gasteiger charge is 2.31. The molecule has 0 aliphatic heterocycles. The molecule has 0 heterocycles. The lowest BCUT2D eigenvalue weighted by atomic mass is 10.1. The van der Waals surface area contributed by atoms with Gasteiger partial charge in [-0.15, -0.1) is 0 Å². The molecule has 2 unspecified atom stereocenters. The summed E-state index contributed by atoms with van der Waals surface area (Å²) in [4.78, 5) is 37.1. The van der Waals surface area contributed by atoms with E-state index in [1.807, 2.05) is 21.1 Å². The number of carbonyl (C=O) groups excluding carboxylic acids is 2. The molecule has 0 radical (unpaired) electrons. The third kappa shape index (κ3) is 39.0. The van der Waals surface area contributed by atoms with Gasteiger partial charge in [0.2, 0.25) is 0 Å². The number of unbranched alkanes of at least 4 members (excludes halogenated alkanes) is 24. The van der Waals surface area contributed by atoms with Crippen LogP contribution in [0, 0.1) is 0 Å². The Kier molecular flexibility index (Phi) is 39.5. The molecule has 0 aliphatic carbocycles. The van der Waals surface area contributed by atoms with E-state index in [-0.39, 0.29) is 36.2 Å². The number of quaternary nitrogens is 1. The van der Waals surface area contributed by atoms with Gasteiger partial charge in [0.15, 0.2) is 12.1 Å². The van der Waals surface area contributed by atoms with E-state index < -0.39 is 18.1 Å². The number of carboxylic acid groups (broad SMARTS) is 1. The van der Waals surface area contributed by atoms with Gasteiger partial charge in [0.05, 0.1) is 34.4 Å². The van der Waals surface area contributed by atoms with Crippen molar-refractivity contribution in [3.63, 3.8) is 0 Å². The quantitative estimate of drug-likeness (QED) is 0.0215. The second-order valence-electron chi connectivity index (χ2n) is 17.4. The molecule has 0 saturated heterocycles. The number of ether oxygens (including phenoxy) is 3. The highest BCUT2D eigenvalue weighted by atomic mass is 16.6. The lowest BCUT2D eigenvalue weighted by Crippen LogP contribution is -2.50. The summed E-state index contributed by atoms with van der Waals surface area (Å²) in [5, 5.41) is 9.63. The standard InChI is InChI=1S/C50H91NO7/c1-6-8-10-12-14-16-18-20-22-23-24-25-27-28-30-32-34-36-38-40-48(52)57-45-46(44-56-43-42-47(50(54)55)51(3,4)5)58-49(53)41-39-37-35-33-31-29-26-21-19-17-15-13-11-9-7-2/h15,17,19,21,23-24,46-47H,6-14,16,18,20,22,25-45H2,1-5H3/p+1/b17-15+,21-19+,24-23+. The van der Waals surface area contributed by atoms with Gasteiger partial charge < -0.3 is 23.8 Å². The summed E-state index contributed by atoms with van der Waals surface area (Å²) in [5.74, 6) is -1.48. The average molecular weight is 819 g/mol. The van der Waals surface area contributed by atoms with Crippen molar-refractivity contribution in [2.75, 3.05) is 41.0 Å². The van der Waals surface area contributed by atoms with E-state index in [0.29, 0.717) is 19.3 Å². The number of nitrogens with zero attached hydrogens (tertiary/aromatic N) is 1. The molecule has 0 aromatic rings. The molecule has 2 atom stereocenters. The zero-order valence-electron chi connectivity index (χ0n) is 38.5. The fourth-order valence-corrected chi connectivity index (χ4v) is 7.02. The Hall–Kier alpha value is -2.45. The molecule has 0 rings (SSSR count). The zero-order valence-corrected chi connectivity index (χ0v) is 38.5. The van der Waals surface area contributed by atoms with Crippen LogP contribution in [0.25, 0.3) is 0 Å². The van der Waals surface area contributed by atoms with Crippen LogP contribution in [0.4, 0.5) is 0 Å². The van der Waals surface area contributed by atoms with Crippen LogP contribution in [-0.4, -0.2) is 80.6 Å². The number of likely N-dealkylation sites (N-methyl/N-ethyl adjacent to an activating group) is 1. The highest BCUT2D eigenvalue weighted by Crippen LogP contribution is 2.15. The van der Waals surface area contributed by atoms with Crippen LogP contribution in [0.3, 0.4) is 0 Å². The minimum absolute atomic E-state index is 0.0562. The number of carbonyl (C=O) groups is 3. The second-order valence-corrected chi connectivity index (χ2v) is 17.4. The van der Waals surface area contributed by atoms with Crippen molar-refractivity contribution in [3.05, 3.63) is 36.5 Å². The van der Waals surface area contributed by atoms with Crippen LogP contribution in [0.15, 0.2) is 36.5 Å². The van der Waals surface area contributed by atoms with Crippen LogP contribution < -0.4 is 0 Å². The summed E-state index contributed by atoms with van der Waals surface area (Å²) in [5.41, 5.74) is 0. The topological polar surface area (TPSA) is 99.1 Å². The molecule has 1 N–H and O–H groups in total. The third-order valence-electron chi connectivity index (χ3n) is 10.8. The molecule has 0 bridgehead atoms. The molecule has 0 aromatic carbocycles. The summed E-state index contributed by atoms with van der Waals surface area (Å²) in [6.45, 7) is 4.71. The Balaban J connectivity index is 4.29. The first kappa shape index (κ1) is 55.5. The molecule has 0 spiro atoms. The van der Waals surface area contributed by atoms with E-state index >= 15 is 0 Å². The van der Waals surface area contributed by atoms with Gasteiger partial charge in [-0.05, 0) is 64.2 Å². The SMILES string of the molecule is CCCCC/C=C/C=C/CCCCCCCCC(=O)OC(COCCC(C(=O)O)[N+](C)(C)C)COC(=O)CCCCCCCCC/C=C/CCCCCCCCCC. The molecule has 0 aromatic heterocycles. The summed E-state index contributed by atoms with van der Waals surface area (Å²) in [7, 11) is 5.53. The van der Waals surface area contributed by atoms with E-state index in [1.54, 1.807) is 0 Å². The lowest BCUT2D eigenvalue weighted by Gasteiger charge is -2.31. The summed E-state index contributed by atoms with van der Waals surface area (Å²) >= 11 is 0. The van der Waals surface area contributed by atoms with Crippen LogP contribution in [0.5, 0.6) is 0 Å². The monoisotopic (exact) mass is 819 g/mol. The van der Waals surface area contributed by atoms with Gasteiger partial charge in [0.25, 0.3) is 0 Å². The fourth-order valence-electron chi connectivity index (χ4n) is 7.02. The number of hydrogen-bond acceptors (Lipinski definition) is 6. The van der Waals surface area contributed by atoms with E-state index in [4.69, 9.17) is 14.2 Å². The molecule has 0 saturated carbocycles. The van der Waals surface area contributed by atoms with Gasteiger partial charge in [-0.1, -0.05) is 166 Å². The van der Waals surface area contributed by atoms with E-state index in [2.05, 4.69) is 50.3 Å². The number of allylic oxidation sites excluding steroid dienone is 6. The van der Waals surface area contributed by atoms with Gasteiger partial charge in [-0.2, -0.15) is 0 Å². The first-order valence-electron chi connectivity index (χ1n) is 24.0. The minimum Gasteiger partial charge on any atom is -0.477 e. The molecule has 8 heteroatoms. The average Bonchev–Trinajstić information content (AvgIpc) is 3.18. The first-order chi connectivity index (χ1) is 28.1. The Bertz CT molecular complexity index is 1050. The van der Waals surface area contributed by atoms with Crippen LogP contribution >= 0.6 is 0 Å². The second kappa shape index (κ2) is 41.3. The van der Waals surface area contributed by atoms with Crippen molar-refractivity contribution in [1.29, 1.82) is 0 Å². The third-order valence-corrected chi connectivity index (χ3v) is 10.8. The fraction of sp³-hybridized carbons (Fsp3) is 0.820. The maximum atomic E-state index is 12.7. The summed E-state index contributed by atoms with van der Waals surface area (Å²) < 4.78 is 17.3. The Morgan fingerprint density at radius 1 is 0.517 bits per heavy atom. The predicted octanol–water partition coefficient (Wildman–Crippen LogP) is 13.4. The Morgan fingerprint density at radius 3 is 1.38 bits per heavy atom. The van der Waals surface area contributed by atoms with E-state index in [0.717, 1.165) is 57.8 Å². The molecule has 0 amide bonds. The van der Waals surface area contributed by atoms with E-state index in [1.165, 1.54) is 122 Å². The zero-order chi connectivity index (χ0) is 42.8. The van der Waals surface area contributed by atoms with Crippen LogP contribution in [0.1, 0.15) is 213 Å². The lowest BCUT2D eigenvalue weighted by molar-refractivity contribution is -0.887.